The smallest absolute Gasteiger partial charge is 0.128 e. The number of hydrogen-bond donors (Lipinski definition) is 1. The van der Waals surface area contributed by atoms with E-state index in [0.29, 0.717) is 12.3 Å². The molecule has 0 aliphatic rings. The highest BCUT2D eigenvalue weighted by molar-refractivity contribution is 5.85. The van der Waals surface area contributed by atoms with Crippen molar-refractivity contribution in [2.24, 2.45) is 4.99 Å². The highest BCUT2D eigenvalue weighted by atomic mass is 16.5. The molecule has 0 bridgehead atoms. The van der Waals surface area contributed by atoms with E-state index in [1.165, 1.54) is 5.56 Å². The maximum absolute atomic E-state index is 11.0. The molecule has 1 N–H and O–H groups in total. The fourth-order valence-electron chi connectivity index (χ4n) is 3.65. The lowest BCUT2D eigenvalue weighted by atomic mass is 9.76. The number of rotatable bonds is 7. The minimum absolute atomic E-state index is 0.297. The fourth-order valence-corrected chi connectivity index (χ4v) is 3.65. The number of nitrogens with zero attached hydrogens (tertiary/aromatic N) is 1. The second-order valence-electron chi connectivity index (χ2n) is 7.84. The van der Waals surface area contributed by atoms with Gasteiger partial charge in [0.1, 0.15) is 11.5 Å². The topological polar surface area (TPSA) is 41.8 Å². The molecule has 0 atom stereocenters. The van der Waals surface area contributed by atoms with Crippen LogP contribution in [0.2, 0.25) is 0 Å². The second-order valence-corrected chi connectivity index (χ2v) is 7.84. The minimum Gasteiger partial charge on any atom is -0.507 e. The molecule has 0 fully saturated rings. The quantitative estimate of drug-likeness (QED) is 0.529. The van der Waals surface area contributed by atoms with Gasteiger partial charge in [-0.3, -0.25) is 4.99 Å². The molecule has 3 aromatic carbocycles. The van der Waals surface area contributed by atoms with Gasteiger partial charge < -0.3 is 9.84 Å². The molecule has 3 rings (SSSR count). The molecule has 150 valence electrons. The third kappa shape index (κ3) is 4.68. The summed E-state index contributed by atoms with van der Waals surface area (Å²) in [7, 11) is 1.68. The lowest BCUT2D eigenvalue weighted by molar-refractivity contribution is 0.410. The summed E-state index contributed by atoms with van der Waals surface area (Å²) in [4.78, 5) is 4.57. The van der Waals surface area contributed by atoms with E-state index in [2.05, 4.69) is 50.0 Å². The number of para-hydroxylation sites is 1. The summed E-state index contributed by atoms with van der Waals surface area (Å²) in [6.45, 7) is 6.96. The van der Waals surface area contributed by atoms with Gasteiger partial charge in [0.15, 0.2) is 0 Å². The minimum atomic E-state index is -0.308. The van der Waals surface area contributed by atoms with Crippen molar-refractivity contribution in [3.05, 3.63) is 94.5 Å². The largest absolute Gasteiger partial charge is 0.507 e. The summed E-state index contributed by atoms with van der Waals surface area (Å²) < 4.78 is 5.40. The molecule has 3 nitrogen and oxygen atoms in total. The van der Waals surface area contributed by atoms with Crippen molar-refractivity contribution in [2.45, 2.75) is 32.6 Å². The zero-order valence-electron chi connectivity index (χ0n) is 17.6. The molecule has 0 aromatic heterocycles. The summed E-state index contributed by atoms with van der Waals surface area (Å²) in [5.41, 5.74) is 4.76. The van der Waals surface area contributed by atoms with Crippen LogP contribution < -0.4 is 4.74 Å². The first kappa shape index (κ1) is 20.7. The predicted octanol–water partition coefficient (Wildman–Crippen LogP) is 5.70. The van der Waals surface area contributed by atoms with Crippen molar-refractivity contribution in [3.63, 3.8) is 0 Å². The number of ether oxygens (including phenoxy) is 1. The number of phenols is 1. The lowest BCUT2D eigenvalue weighted by Gasteiger charge is -2.28. The number of phenolic OH excluding ortho intramolecular Hbond substituents is 1. The summed E-state index contributed by atoms with van der Waals surface area (Å²) in [6.07, 6.45) is 2.57. The lowest BCUT2D eigenvalue weighted by Crippen LogP contribution is -2.19. The summed E-state index contributed by atoms with van der Waals surface area (Å²) in [5.74, 6) is 1.18. The van der Waals surface area contributed by atoms with E-state index in [9.17, 15) is 5.11 Å². The van der Waals surface area contributed by atoms with Gasteiger partial charge in [0.25, 0.3) is 0 Å². The van der Waals surface area contributed by atoms with E-state index in [1.54, 1.807) is 13.3 Å². The Bertz CT molecular complexity index is 991. The molecule has 0 aliphatic heterocycles. The average molecular weight is 388 g/mol. The van der Waals surface area contributed by atoms with Crippen molar-refractivity contribution < 1.29 is 9.84 Å². The molecule has 0 radical (unpaired) electrons. The van der Waals surface area contributed by atoms with E-state index in [-0.39, 0.29) is 5.41 Å². The normalized spacial score (nSPS) is 11.7. The highest BCUT2D eigenvalue weighted by Gasteiger charge is 2.27. The van der Waals surface area contributed by atoms with Crippen LogP contribution >= 0.6 is 0 Å². The van der Waals surface area contributed by atoms with Crippen LogP contribution in [0.4, 0.5) is 0 Å². The van der Waals surface area contributed by atoms with Gasteiger partial charge in [-0.1, -0.05) is 68.4 Å². The molecule has 0 unspecified atom stereocenters. The van der Waals surface area contributed by atoms with Crippen LogP contribution in [0.25, 0.3) is 0 Å². The predicted molar refractivity (Wildman–Crippen MR) is 121 cm³/mol. The van der Waals surface area contributed by atoms with Gasteiger partial charge in [-0.2, -0.15) is 0 Å². The van der Waals surface area contributed by atoms with Crippen LogP contribution in [0.5, 0.6) is 11.5 Å². The third-order valence-corrected chi connectivity index (χ3v) is 5.39. The highest BCUT2D eigenvalue weighted by Crippen LogP contribution is 2.38. The molecule has 0 saturated carbocycles. The van der Waals surface area contributed by atoms with E-state index in [1.807, 2.05) is 42.5 Å². The summed E-state index contributed by atoms with van der Waals surface area (Å²) >= 11 is 0. The fraction of sp³-hybridized carbons (Fsp3) is 0.269. The Kier molecular flexibility index (Phi) is 6.38. The van der Waals surface area contributed by atoms with E-state index >= 15 is 0 Å². The van der Waals surface area contributed by atoms with Gasteiger partial charge in [0, 0.05) is 29.3 Å². The molecule has 3 aromatic rings. The monoisotopic (exact) mass is 387 g/mol. The van der Waals surface area contributed by atoms with Gasteiger partial charge in [0.05, 0.1) is 7.11 Å². The zero-order chi connectivity index (χ0) is 20.9. The number of benzene rings is 3. The Hall–Kier alpha value is -3.07. The molecule has 3 heteroatoms. The molecule has 0 spiro atoms. The van der Waals surface area contributed by atoms with Crippen molar-refractivity contribution in [2.75, 3.05) is 13.7 Å². The molecule has 0 amide bonds. The Morgan fingerprint density at radius 3 is 2.41 bits per heavy atom. The average Bonchev–Trinajstić information content (AvgIpc) is 2.74. The standard InChI is InChI=1S/C26H29NO2/c1-19-16-21(18-27-15-14-20-10-8-9-13-24(20)29-4)25(28)23(17-19)26(2,3)22-11-6-5-7-12-22/h5-13,16-18,28H,14-15H2,1-4H3. The van der Waals surface area contributed by atoms with Gasteiger partial charge >= 0.3 is 0 Å². The van der Waals surface area contributed by atoms with Crippen LogP contribution in [-0.4, -0.2) is 25.0 Å². The van der Waals surface area contributed by atoms with Gasteiger partial charge in [-0.25, -0.2) is 0 Å². The SMILES string of the molecule is COc1ccccc1CCN=Cc1cc(C)cc(C(C)(C)c2ccccc2)c1O. The van der Waals surface area contributed by atoms with Crippen molar-refractivity contribution >= 4 is 6.21 Å². The van der Waals surface area contributed by atoms with Gasteiger partial charge in [-0.15, -0.1) is 0 Å². The number of aromatic hydroxyl groups is 1. The second kappa shape index (κ2) is 8.95. The van der Waals surface area contributed by atoms with Crippen molar-refractivity contribution in [1.82, 2.24) is 0 Å². The van der Waals surface area contributed by atoms with Gasteiger partial charge in [-0.05, 0) is 42.2 Å². The first-order chi connectivity index (χ1) is 13.9. The van der Waals surface area contributed by atoms with Crippen LogP contribution in [0.3, 0.4) is 0 Å². The Morgan fingerprint density at radius 1 is 1.00 bits per heavy atom. The Labute approximate surface area is 173 Å². The molecule has 29 heavy (non-hydrogen) atoms. The maximum Gasteiger partial charge on any atom is 0.128 e. The molecular weight excluding hydrogens is 358 g/mol. The number of aryl methyl sites for hydroxylation is 1. The molecule has 0 aliphatic carbocycles. The molecular formula is C26H29NO2. The molecule has 0 heterocycles. The Balaban J connectivity index is 1.83. The summed E-state index contributed by atoms with van der Waals surface area (Å²) in [5, 5.41) is 11.0. The zero-order valence-corrected chi connectivity index (χ0v) is 17.6. The number of aliphatic imine (C=N–C) groups is 1. The van der Waals surface area contributed by atoms with Crippen LogP contribution in [0.15, 0.2) is 71.7 Å². The van der Waals surface area contributed by atoms with Crippen LogP contribution in [0, 0.1) is 6.92 Å². The summed E-state index contributed by atoms with van der Waals surface area (Å²) in [6, 6.07) is 22.3. The van der Waals surface area contributed by atoms with E-state index in [0.717, 1.165) is 34.4 Å². The van der Waals surface area contributed by atoms with E-state index < -0.39 is 0 Å². The van der Waals surface area contributed by atoms with Gasteiger partial charge in [0.2, 0.25) is 0 Å². The first-order valence-electron chi connectivity index (χ1n) is 9.95. The Morgan fingerprint density at radius 2 is 1.69 bits per heavy atom. The van der Waals surface area contributed by atoms with Crippen molar-refractivity contribution in [1.29, 1.82) is 0 Å². The molecule has 0 saturated heterocycles. The third-order valence-electron chi connectivity index (χ3n) is 5.39. The maximum atomic E-state index is 11.0. The van der Waals surface area contributed by atoms with Crippen LogP contribution in [-0.2, 0) is 11.8 Å². The number of methoxy groups -OCH3 is 1. The number of hydrogen-bond acceptors (Lipinski definition) is 3. The van der Waals surface area contributed by atoms with E-state index in [4.69, 9.17) is 4.74 Å². The van der Waals surface area contributed by atoms with Crippen molar-refractivity contribution in [3.8, 4) is 11.5 Å². The van der Waals surface area contributed by atoms with Crippen LogP contribution in [0.1, 0.15) is 41.7 Å². The first-order valence-corrected chi connectivity index (χ1v) is 9.95.